The van der Waals surface area contributed by atoms with Crippen LogP contribution in [0, 0.1) is 6.92 Å². The van der Waals surface area contributed by atoms with Crippen molar-refractivity contribution in [3.8, 4) is 5.75 Å². The van der Waals surface area contributed by atoms with Crippen molar-refractivity contribution in [3.05, 3.63) is 53.6 Å². The molecule has 0 aromatic heterocycles. The van der Waals surface area contributed by atoms with Crippen LogP contribution in [0.4, 0.5) is 5.69 Å². The van der Waals surface area contributed by atoms with Crippen molar-refractivity contribution < 1.29 is 13.2 Å². The average molecular weight is 291 g/mol. The highest BCUT2D eigenvalue weighted by atomic mass is 32.2. The maximum absolute atomic E-state index is 12.5. The molecule has 0 saturated carbocycles. The third-order valence-corrected chi connectivity index (χ3v) is 4.85. The lowest BCUT2D eigenvalue weighted by molar-refractivity contribution is 0.414. The second-order valence-corrected chi connectivity index (χ2v) is 6.60. The van der Waals surface area contributed by atoms with Crippen LogP contribution in [0.2, 0.25) is 0 Å². The average Bonchev–Trinajstić information content (AvgIpc) is 2.37. The third-order valence-electron chi connectivity index (χ3n) is 3.01. The first kappa shape index (κ1) is 14.4. The van der Waals surface area contributed by atoms with Gasteiger partial charge in [-0.25, -0.2) is 8.42 Å². The van der Waals surface area contributed by atoms with Crippen LogP contribution in [-0.2, 0) is 15.6 Å². The Labute approximate surface area is 119 Å². The molecule has 2 aromatic carbocycles. The number of methoxy groups -OCH3 is 1. The molecule has 5 heteroatoms. The topological polar surface area (TPSA) is 69.4 Å². The van der Waals surface area contributed by atoms with Crippen molar-refractivity contribution >= 4 is 15.5 Å². The van der Waals surface area contributed by atoms with Gasteiger partial charge >= 0.3 is 0 Å². The summed E-state index contributed by atoms with van der Waals surface area (Å²) in [7, 11) is -1.87. The molecule has 0 spiro atoms. The van der Waals surface area contributed by atoms with Gasteiger partial charge in [-0.3, -0.25) is 0 Å². The highest BCUT2D eigenvalue weighted by Gasteiger charge is 2.18. The Kier molecular flexibility index (Phi) is 3.99. The summed E-state index contributed by atoms with van der Waals surface area (Å²) in [5.41, 5.74) is 7.59. The van der Waals surface area contributed by atoms with Crippen LogP contribution in [0.15, 0.2) is 47.4 Å². The number of benzene rings is 2. The summed E-state index contributed by atoms with van der Waals surface area (Å²) < 4.78 is 30.0. The molecule has 0 bridgehead atoms. The number of ether oxygens (including phenoxy) is 1. The fraction of sp³-hybridized carbons (Fsp3) is 0.200. The van der Waals surface area contributed by atoms with Gasteiger partial charge in [0, 0.05) is 11.8 Å². The second-order valence-electron chi connectivity index (χ2n) is 4.64. The van der Waals surface area contributed by atoms with E-state index in [2.05, 4.69) is 0 Å². The van der Waals surface area contributed by atoms with Gasteiger partial charge in [-0.1, -0.05) is 18.2 Å². The maximum Gasteiger partial charge on any atom is 0.182 e. The molecule has 0 radical (unpaired) electrons. The zero-order chi connectivity index (χ0) is 14.8. The Morgan fingerprint density at radius 3 is 2.50 bits per heavy atom. The number of hydrogen-bond acceptors (Lipinski definition) is 4. The van der Waals surface area contributed by atoms with Gasteiger partial charge in [-0.2, -0.15) is 0 Å². The fourth-order valence-corrected chi connectivity index (χ4v) is 3.70. The summed E-state index contributed by atoms with van der Waals surface area (Å²) in [4.78, 5) is 0.349. The lowest BCUT2D eigenvalue weighted by Crippen LogP contribution is -2.07. The molecule has 106 valence electrons. The minimum atomic E-state index is -3.40. The van der Waals surface area contributed by atoms with Gasteiger partial charge in [0.1, 0.15) is 5.75 Å². The van der Waals surface area contributed by atoms with Gasteiger partial charge in [-0.05, 0) is 36.2 Å². The molecular formula is C15H17NO3S. The summed E-state index contributed by atoms with van der Waals surface area (Å²) in [6.45, 7) is 1.78. The van der Waals surface area contributed by atoms with E-state index in [4.69, 9.17) is 10.5 Å². The SMILES string of the molecule is COc1cc(N)cc(CS(=O)(=O)c2ccccc2C)c1. The van der Waals surface area contributed by atoms with E-state index in [0.717, 1.165) is 5.56 Å². The number of aryl methyl sites for hydroxylation is 1. The summed E-state index contributed by atoms with van der Waals surface area (Å²) in [6, 6.07) is 11.9. The minimum absolute atomic E-state index is 0.0980. The lowest BCUT2D eigenvalue weighted by Gasteiger charge is -2.09. The molecule has 2 aromatic rings. The van der Waals surface area contributed by atoms with E-state index in [-0.39, 0.29) is 5.75 Å². The molecule has 0 fully saturated rings. The first-order chi connectivity index (χ1) is 9.42. The molecule has 2 N–H and O–H groups in total. The number of hydrogen-bond donors (Lipinski definition) is 1. The van der Waals surface area contributed by atoms with Gasteiger partial charge in [-0.15, -0.1) is 0 Å². The molecular weight excluding hydrogens is 274 g/mol. The smallest absolute Gasteiger partial charge is 0.182 e. The predicted molar refractivity (Wildman–Crippen MR) is 79.5 cm³/mol. The van der Waals surface area contributed by atoms with E-state index < -0.39 is 9.84 Å². The fourth-order valence-electron chi connectivity index (χ4n) is 2.09. The molecule has 0 aliphatic carbocycles. The Balaban J connectivity index is 2.38. The Morgan fingerprint density at radius 1 is 1.15 bits per heavy atom. The standard InChI is InChI=1S/C15H17NO3S/c1-11-5-3-4-6-15(11)20(17,18)10-12-7-13(16)9-14(8-12)19-2/h3-9H,10,16H2,1-2H3. The van der Waals surface area contributed by atoms with Crippen molar-refractivity contribution in [1.82, 2.24) is 0 Å². The highest BCUT2D eigenvalue weighted by Crippen LogP contribution is 2.24. The van der Waals surface area contributed by atoms with E-state index in [9.17, 15) is 8.42 Å². The van der Waals surface area contributed by atoms with E-state index in [1.54, 1.807) is 43.3 Å². The molecule has 0 aliphatic heterocycles. The molecule has 20 heavy (non-hydrogen) atoms. The van der Waals surface area contributed by atoms with Crippen molar-refractivity contribution in [1.29, 1.82) is 0 Å². The van der Waals surface area contributed by atoms with E-state index in [1.165, 1.54) is 7.11 Å². The van der Waals surface area contributed by atoms with Crippen LogP contribution in [-0.4, -0.2) is 15.5 Å². The second kappa shape index (κ2) is 5.54. The van der Waals surface area contributed by atoms with Crippen LogP contribution >= 0.6 is 0 Å². The van der Waals surface area contributed by atoms with Crippen LogP contribution in [0.5, 0.6) is 5.75 Å². The molecule has 0 aliphatic rings. The van der Waals surface area contributed by atoms with Crippen molar-refractivity contribution in [2.45, 2.75) is 17.6 Å². The summed E-state index contributed by atoms with van der Waals surface area (Å²) >= 11 is 0. The first-order valence-electron chi connectivity index (χ1n) is 6.14. The van der Waals surface area contributed by atoms with Gasteiger partial charge in [0.25, 0.3) is 0 Å². The summed E-state index contributed by atoms with van der Waals surface area (Å²) in [5, 5.41) is 0. The quantitative estimate of drug-likeness (QED) is 0.879. The highest BCUT2D eigenvalue weighted by molar-refractivity contribution is 7.90. The van der Waals surface area contributed by atoms with Crippen LogP contribution < -0.4 is 10.5 Å². The van der Waals surface area contributed by atoms with Gasteiger partial charge in [0.2, 0.25) is 0 Å². The largest absolute Gasteiger partial charge is 0.497 e. The number of nitrogen functional groups attached to an aromatic ring is 1. The van der Waals surface area contributed by atoms with Crippen LogP contribution in [0.3, 0.4) is 0 Å². The van der Waals surface area contributed by atoms with Crippen LogP contribution in [0.25, 0.3) is 0 Å². The minimum Gasteiger partial charge on any atom is -0.497 e. The molecule has 0 heterocycles. The number of sulfone groups is 1. The first-order valence-corrected chi connectivity index (χ1v) is 7.79. The molecule has 4 nitrogen and oxygen atoms in total. The van der Waals surface area contributed by atoms with E-state index >= 15 is 0 Å². The third kappa shape index (κ3) is 3.11. The Hall–Kier alpha value is -2.01. The monoisotopic (exact) mass is 291 g/mol. The summed E-state index contributed by atoms with van der Waals surface area (Å²) in [6.07, 6.45) is 0. The predicted octanol–water partition coefficient (Wildman–Crippen LogP) is 2.56. The van der Waals surface area contributed by atoms with Crippen molar-refractivity contribution in [2.75, 3.05) is 12.8 Å². The molecule has 2 rings (SSSR count). The lowest BCUT2D eigenvalue weighted by atomic mass is 10.2. The van der Waals surface area contributed by atoms with Gasteiger partial charge < -0.3 is 10.5 Å². The number of nitrogens with two attached hydrogens (primary N) is 1. The normalized spacial score (nSPS) is 11.3. The number of anilines is 1. The Bertz CT molecular complexity index is 724. The molecule has 0 atom stereocenters. The van der Waals surface area contributed by atoms with Crippen molar-refractivity contribution in [2.24, 2.45) is 0 Å². The van der Waals surface area contributed by atoms with E-state index in [1.807, 2.05) is 6.07 Å². The maximum atomic E-state index is 12.5. The molecule has 0 unspecified atom stereocenters. The van der Waals surface area contributed by atoms with Crippen LogP contribution in [0.1, 0.15) is 11.1 Å². The zero-order valence-corrected chi connectivity index (χ0v) is 12.3. The molecule has 0 saturated heterocycles. The van der Waals surface area contributed by atoms with E-state index in [0.29, 0.717) is 21.9 Å². The van der Waals surface area contributed by atoms with Gasteiger partial charge in [0.15, 0.2) is 9.84 Å². The number of rotatable bonds is 4. The Morgan fingerprint density at radius 2 is 1.85 bits per heavy atom. The van der Waals surface area contributed by atoms with Gasteiger partial charge in [0.05, 0.1) is 17.8 Å². The zero-order valence-electron chi connectivity index (χ0n) is 11.5. The molecule has 0 amide bonds. The summed E-state index contributed by atoms with van der Waals surface area (Å²) in [5.74, 6) is 0.458. The van der Waals surface area contributed by atoms with Crippen molar-refractivity contribution in [3.63, 3.8) is 0 Å².